The van der Waals surface area contributed by atoms with Gasteiger partial charge in [0.25, 0.3) is 0 Å². The van der Waals surface area contributed by atoms with Crippen LogP contribution in [0.1, 0.15) is 39.5 Å². The predicted octanol–water partition coefficient (Wildman–Crippen LogP) is 1.79. The minimum absolute atomic E-state index is 0.170. The van der Waals surface area contributed by atoms with Gasteiger partial charge >= 0.3 is 5.97 Å². The lowest BCUT2D eigenvalue weighted by molar-refractivity contribution is -0.143. The van der Waals surface area contributed by atoms with Crippen LogP contribution < -0.4 is 0 Å². The molecule has 19 heavy (non-hydrogen) atoms. The molecule has 0 spiro atoms. The molecule has 0 aromatic heterocycles. The summed E-state index contributed by atoms with van der Waals surface area (Å²) in [6.45, 7) is 5.07. The van der Waals surface area contributed by atoms with Gasteiger partial charge in [-0.05, 0) is 37.5 Å². The normalized spacial score (nSPS) is 23.5. The SMILES string of the molecule is CC(C)CC(CC1CCCN(S(C)(=O)=O)C1)C(=O)O. The highest BCUT2D eigenvalue weighted by Gasteiger charge is 2.30. The summed E-state index contributed by atoms with van der Waals surface area (Å²) in [6, 6.07) is 0. The summed E-state index contributed by atoms with van der Waals surface area (Å²) in [5.41, 5.74) is 0. The Morgan fingerprint density at radius 3 is 2.53 bits per heavy atom. The van der Waals surface area contributed by atoms with Crippen LogP contribution in [0.15, 0.2) is 0 Å². The summed E-state index contributed by atoms with van der Waals surface area (Å²) >= 11 is 0. The summed E-state index contributed by atoms with van der Waals surface area (Å²) in [5, 5.41) is 9.25. The number of hydrogen-bond acceptors (Lipinski definition) is 3. The number of nitrogens with zero attached hydrogens (tertiary/aromatic N) is 1. The van der Waals surface area contributed by atoms with Crippen LogP contribution >= 0.6 is 0 Å². The van der Waals surface area contributed by atoms with Crippen molar-refractivity contribution in [2.75, 3.05) is 19.3 Å². The number of rotatable bonds is 6. The molecule has 112 valence electrons. The van der Waals surface area contributed by atoms with Gasteiger partial charge < -0.3 is 5.11 Å². The summed E-state index contributed by atoms with van der Waals surface area (Å²) < 4.78 is 24.6. The third-order valence-corrected chi connectivity index (χ3v) is 4.94. The van der Waals surface area contributed by atoms with Crippen LogP contribution in [0, 0.1) is 17.8 Å². The van der Waals surface area contributed by atoms with Crippen molar-refractivity contribution < 1.29 is 18.3 Å². The maximum atomic E-state index is 11.5. The van der Waals surface area contributed by atoms with E-state index in [1.807, 2.05) is 13.8 Å². The first-order valence-corrected chi connectivity index (χ1v) is 8.73. The average molecular weight is 291 g/mol. The van der Waals surface area contributed by atoms with Gasteiger partial charge in [0, 0.05) is 13.1 Å². The Balaban J connectivity index is 2.62. The Bertz CT molecular complexity index is 405. The molecule has 2 atom stereocenters. The van der Waals surface area contributed by atoms with E-state index in [1.165, 1.54) is 10.6 Å². The van der Waals surface area contributed by atoms with Crippen LogP contribution in [0.4, 0.5) is 0 Å². The minimum atomic E-state index is -3.15. The van der Waals surface area contributed by atoms with Gasteiger partial charge in [-0.2, -0.15) is 0 Å². The van der Waals surface area contributed by atoms with Crippen molar-refractivity contribution in [3.63, 3.8) is 0 Å². The molecule has 0 saturated carbocycles. The highest BCUT2D eigenvalue weighted by molar-refractivity contribution is 7.88. The van der Waals surface area contributed by atoms with Gasteiger partial charge in [0.2, 0.25) is 10.0 Å². The van der Waals surface area contributed by atoms with E-state index in [2.05, 4.69) is 0 Å². The molecule has 1 N–H and O–H groups in total. The number of carbonyl (C=O) groups is 1. The van der Waals surface area contributed by atoms with E-state index in [0.717, 1.165) is 12.8 Å². The van der Waals surface area contributed by atoms with Crippen LogP contribution in [0.5, 0.6) is 0 Å². The number of hydrogen-bond donors (Lipinski definition) is 1. The zero-order valence-electron chi connectivity index (χ0n) is 12.0. The molecule has 1 saturated heterocycles. The molecule has 1 heterocycles. The number of sulfonamides is 1. The second-order valence-electron chi connectivity index (χ2n) is 6.03. The van der Waals surface area contributed by atoms with E-state index in [-0.39, 0.29) is 11.8 Å². The fraction of sp³-hybridized carbons (Fsp3) is 0.923. The lowest BCUT2D eigenvalue weighted by Crippen LogP contribution is -2.40. The molecule has 0 aromatic carbocycles. The summed E-state index contributed by atoms with van der Waals surface area (Å²) in [7, 11) is -3.15. The second kappa shape index (κ2) is 6.70. The van der Waals surface area contributed by atoms with E-state index in [0.29, 0.717) is 31.8 Å². The predicted molar refractivity (Wildman–Crippen MR) is 74.3 cm³/mol. The highest BCUT2D eigenvalue weighted by atomic mass is 32.2. The Kier molecular flexibility index (Phi) is 5.80. The standard InChI is InChI=1S/C13H25NO4S/c1-10(2)7-12(13(15)16)8-11-5-4-6-14(9-11)19(3,17)18/h10-12H,4-9H2,1-3H3,(H,15,16). The lowest BCUT2D eigenvalue weighted by Gasteiger charge is -2.32. The Labute approximate surface area is 116 Å². The second-order valence-corrected chi connectivity index (χ2v) is 8.01. The minimum Gasteiger partial charge on any atom is -0.481 e. The van der Waals surface area contributed by atoms with Crippen LogP contribution in [-0.2, 0) is 14.8 Å². The van der Waals surface area contributed by atoms with Gasteiger partial charge in [-0.1, -0.05) is 13.8 Å². The first-order valence-electron chi connectivity index (χ1n) is 6.88. The molecule has 0 bridgehead atoms. The van der Waals surface area contributed by atoms with Crippen molar-refractivity contribution in [3.05, 3.63) is 0 Å². The Hall–Kier alpha value is -0.620. The number of carboxylic acid groups (broad SMARTS) is 1. The Morgan fingerprint density at radius 1 is 1.42 bits per heavy atom. The van der Waals surface area contributed by atoms with Crippen molar-refractivity contribution >= 4 is 16.0 Å². The summed E-state index contributed by atoms with van der Waals surface area (Å²) in [4.78, 5) is 11.3. The third kappa shape index (κ3) is 5.48. The monoisotopic (exact) mass is 291 g/mol. The fourth-order valence-corrected chi connectivity index (χ4v) is 3.73. The molecule has 6 heteroatoms. The average Bonchev–Trinajstić information content (AvgIpc) is 2.26. The van der Waals surface area contributed by atoms with E-state index in [9.17, 15) is 18.3 Å². The third-order valence-electron chi connectivity index (χ3n) is 3.67. The molecule has 1 fully saturated rings. The van der Waals surface area contributed by atoms with E-state index >= 15 is 0 Å². The zero-order chi connectivity index (χ0) is 14.6. The molecule has 5 nitrogen and oxygen atoms in total. The lowest BCUT2D eigenvalue weighted by atomic mass is 9.85. The molecular formula is C13H25NO4S. The van der Waals surface area contributed by atoms with Crippen molar-refractivity contribution in [3.8, 4) is 0 Å². The smallest absolute Gasteiger partial charge is 0.306 e. The molecule has 0 aromatic rings. The maximum Gasteiger partial charge on any atom is 0.306 e. The van der Waals surface area contributed by atoms with Crippen LogP contribution in [-0.4, -0.2) is 43.1 Å². The highest BCUT2D eigenvalue weighted by Crippen LogP contribution is 2.27. The summed E-state index contributed by atoms with van der Waals surface area (Å²) in [6.07, 6.45) is 4.21. The van der Waals surface area contributed by atoms with E-state index in [4.69, 9.17) is 0 Å². The van der Waals surface area contributed by atoms with Gasteiger partial charge in [0.15, 0.2) is 0 Å². The molecule has 0 radical (unpaired) electrons. The first kappa shape index (κ1) is 16.4. The van der Waals surface area contributed by atoms with E-state index in [1.54, 1.807) is 0 Å². The zero-order valence-corrected chi connectivity index (χ0v) is 12.8. The molecule has 1 aliphatic heterocycles. The van der Waals surface area contributed by atoms with Crippen molar-refractivity contribution in [2.24, 2.45) is 17.8 Å². The van der Waals surface area contributed by atoms with Gasteiger partial charge in [0.1, 0.15) is 0 Å². The van der Waals surface area contributed by atoms with Crippen molar-refractivity contribution in [1.29, 1.82) is 0 Å². The van der Waals surface area contributed by atoms with Gasteiger partial charge in [-0.15, -0.1) is 0 Å². The topological polar surface area (TPSA) is 74.7 Å². The summed E-state index contributed by atoms with van der Waals surface area (Å²) in [5.74, 6) is -0.603. The molecule has 0 aliphatic carbocycles. The van der Waals surface area contributed by atoms with Gasteiger partial charge in [0.05, 0.1) is 12.2 Å². The van der Waals surface area contributed by atoms with Crippen molar-refractivity contribution in [1.82, 2.24) is 4.31 Å². The van der Waals surface area contributed by atoms with Gasteiger partial charge in [-0.3, -0.25) is 4.79 Å². The molecule has 2 unspecified atom stereocenters. The Morgan fingerprint density at radius 2 is 2.05 bits per heavy atom. The largest absolute Gasteiger partial charge is 0.481 e. The maximum absolute atomic E-state index is 11.5. The van der Waals surface area contributed by atoms with E-state index < -0.39 is 16.0 Å². The van der Waals surface area contributed by atoms with Crippen molar-refractivity contribution in [2.45, 2.75) is 39.5 Å². The number of piperidine rings is 1. The first-order chi connectivity index (χ1) is 8.70. The molecule has 1 rings (SSSR count). The van der Waals surface area contributed by atoms with Crippen LogP contribution in [0.25, 0.3) is 0 Å². The molecular weight excluding hydrogens is 266 g/mol. The quantitative estimate of drug-likeness (QED) is 0.809. The fourth-order valence-electron chi connectivity index (χ4n) is 2.79. The number of carboxylic acids is 1. The van der Waals surface area contributed by atoms with Crippen LogP contribution in [0.3, 0.4) is 0 Å². The molecule has 1 aliphatic rings. The van der Waals surface area contributed by atoms with Gasteiger partial charge in [-0.25, -0.2) is 12.7 Å². The number of aliphatic carboxylic acids is 1. The molecule has 0 amide bonds. The van der Waals surface area contributed by atoms with Crippen LogP contribution in [0.2, 0.25) is 0 Å².